The molecule has 2 aromatic rings. The molecule has 4 nitrogen and oxygen atoms in total. The number of benzene rings is 2. The summed E-state index contributed by atoms with van der Waals surface area (Å²) in [7, 11) is -3.51. The summed E-state index contributed by atoms with van der Waals surface area (Å²) in [5, 5.41) is 3.23. The molecule has 1 heterocycles. The van der Waals surface area contributed by atoms with Crippen molar-refractivity contribution in [3.8, 4) is 0 Å². The SMILES string of the molecule is CCc1ccc(S(=O)(=O)N2CCNc3ccccc32)cc1.Cl. The van der Waals surface area contributed by atoms with Crippen LogP contribution in [0.15, 0.2) is 53.4 Å². The van der Waals surface area contributed by atoms with Gasteiger partial charge in [-0.1, -0.05) is 31.2 Å². The number of hydrogen-bond donors (Lipinski definition) is 1. The fourth-order valence-electron chi connectivity index (χ4n) is 2.53. The molecule has 1 N–H and O–H groups in total. The highest BCUT2D eigenvalue weighted by Crippen LogP contribution is 2.32. The van der Waals surface area contributed by atoms with Crippen LogP contribution >= 0.6 is 12.4 Å². The number of nitrogens with zero attached hydrogens (tertiary/aromatic N) is 1. The topological polar surface area (TPSA) is 49.4 Å². The van der Waals surface area contributed by atoms with Crippen LogP contribution in [0.1, 0.15) is 12.5 Å². The normalized spacial score (nSPS) is 13.8. The van der Waals surface area contributed by atoms with Gasteiger partial charge in [0.05, 0.1) is 22.8 Å². The lowest BCUT2D eigenvalue weighted by molar-refractivity contribution is 0.590. The minimum absolute atomic E-state index is 0. The number of para-hydroxylation sites is 2. The molecule has 3 rings (SSSR count). The van der Waals surface area contributed by atoms with E-state index < -0.39 is 10.0 Å². The summed E-state index contributed by atoms with van der Waals surface area (Å²) in [5.41, 5.74) is 2.70. The van der Waals surface area contributed by atoms with Crippen LogP contribution in [0.5, 0.6) is 0 Å². The second kappa shape index (κ2) is 6.58. The molecule has 118 valence electrons. The van der Waals surface area contributed by atoms with Gasteiger partial charge in [-0.15, -0.1) is 12.4 Å². The van der Waals surface area contributed by atoms with Crippen molar-refractivity contribution in [3.63, 3.8) is 0 Å². The minimum atomic E-state index is -3.51. The highest BCUT2D eigenvalue weighted by atomic mass is 35.5. The predicted molar refractivity (Wildman–Crippen MR) is 92.5 cm³/mol. The van der Waals surface area contributed by atoms with Gasteiger partial charge in [0.15, 0.2) is 0 Å². The lowest BCUT2D eigenvalue weighted by atomic mass is 10.2. The summed E-state index contributed by atoms with van der Waals surface area (Å²) < 4.78 is 27.2. The first kappa shape index (κ1) is 16.6. The van der Waals surface area contributed by atoms with Crippen LogP contribution in [0.2, 0.25) is 0 Å². The molecule has 0 bridgehead atoms. The van der Waals surface area contributed by atoms with Gasteiger partial charge in [0.2, 0.25) is 0 Å². The first-order valence-corrected chi connectivity index (χ1v) is 8.51. The molecule has 0 spiro atoms. The molecule has 22 heavy (non-hydrogen) atoms. The summed E-state index contributed by atoms with van der Waals surface area (Å²) in [6.45, 7) is 3.11. The lowest BCUT2D eigenvalue weighted by Gasteiger charge is -2.31. The number of aryl methyl sites for hydroxylation is 1. The Hall–Kier alpha value is -1.72. The third kappa shape index (κ3) is 2.91. The second-order valence-corrected chi connectivity index (χ2v) is 6.88. The van der Waals surface area contributed by atoms with Crippen LogP contribution in [0.25, 0.3) is 0 Å². The van der Waals surface area contributed by atoms with E-state index in [4.69, 9.17) is 0 Å². The Morgan fingerprint density at radius 2 is 1.77 bits per heavy atom. The first-order valence-electron chi connectivity index (χ1n) is 7.07. The van der Waals surface area contributed by atoms with Crippen molar-refractivity contribution in [1.82, 2.24) is 0 Å². The van der Waals surface area contributed by atoms with Crippen molar-refractivity contribution >= 4 is 33.8 Å². The molecule has 0 atom stereocenters. The number of anilines is 2. The van der Waals surface area contributed by atoms with E-state index in [-0.39, 0.29) is 12.4 Å². The highest BCUT2D eigenvalue weighted by Gasteiger charge is 2.28. The molecule has 0 saturated heterocycles. The van der Waals surface area contributed by atoms with E-state index in [1.165, 1.54) is 4.31 Å². The van der Waals surface area contributed by atoms with Crippen LogP contribution in [0, 0.1) is 0 Å². The number of sulfonamides is 1. The van der Waals surface area contributed by atoms with Crippen molar-refractivity contribution in [1.29, 1.82) is 0 Å². The summed E-state index contributed by atoms with van der Waals surface area (Å²) in [6, 6.07) is 14.6. The summed E-state index contributed by atoms with van der Waals surface area (Å²) in [4.78, 5) is 0.344. The Morgan fingerprint density at radius 3 is 2.45 bits per heavy atom. The maximum absolute atomic E-state index is 12.8. The minimum Gasteiger partial charge on any atom is -0.382 e. The van der Waals surface area contributed by atoms with Gasteiger partial charge in [-0.3, -0.25) is 4.31 Å². The van der Waals surface area contributed by atoms with Crippen LogP contribution < -0.4 is 9.62 Å². The quantitative estimate of drug-likeness (QED) is 0.934. The molecule has 0 fully saturated rings. The van der Waals surface area contributed by atoms with Gasteiger partial charge in [-0.2, -0.15) is 0 Å². The molecule has 1 aliphatic heterocycles. The third-order valence-electron chi connectivity index (χ3n) is 3.72. The van der Waals surface area contributed by atoms with Gasteiger partial charge < -0.3 is 5.32 Å². The molecule has 6 heteroatoms. The lowest BCUT2D eigenvalue weighted by Crippen LogP contribution is -2.38. The van der Waals surface area contributed by atoms with E-state index in [1.807, 2.05) is 36.4 Å². The fraction of sp³-hybridized carbons (Fsp3) is 0.250. The van der Waals surface area contributed by atoms with E-state index in [0.29, 0.717) is 23.7 Å². The van der Waals surface area contributed by atoms with E-state index in [2.05, 4.69) is 12.2 Å². The molecule has 1 aliphatic rings. The van der Waals surface area contributed by atoms with Crippen molar-refractivity contribution in [2.75, 3.05) is 22.7 Å². The van der Waals surface area contributed by atoms with Gasteiger partial charge in [-0.25, -0.2) is 8.42 Å². The summed E-state index contributed by atoms with van der Waals surface area (Å²) in [5.74, 6) is 0. The number of nitrogens with one attached hydrogen (secondary N) is 1. The van der Waals surface area contributed by atoms with E-state index in [1.54, 1.807) is 12.1 Å². The molecule has 2 aromatic carbocycles. The maximum Gasteiger partial charge on any atom is 0.264 e. The Balaban J connectivity index is 0.00000176. The standard InChI is InChI=1S/C16H18N2O2S.ClH/c1-2-13-7-9-14(10-8-13)21(19,20)18-12-11-17-15-5-3-4-6-16(15)18;/h3-10,17H,2,11-12H2,1H3;1H. The maximum atomic E-state index is 12.8. The van der Waals surface area contributed by atoms with Crippen LogP contribution in [0.3, 0.4) is 0 Å². The van der Waals surface area contributed by atoms with Gasteiger partial charge >= 0.3 is 0 Å². The number of hydrogen-bond acceptors (Lipinski definition) is 3. The molecule has 0 unspecified atom stereocenters. The van der Waals surface area contributed by atoms with Crippen LogP contribution in [-0.2, 0) is 16.4 Å². The average molecular weight is 339 g/mol. The molecular weight excluding hydrogens is 320 g/mol. The van der Waals surface area contributed by atoms with Gasteiger partial charge in [0.25, 0.3) is 10.0 Å². The fourth-order valence-corrected chi connectivity index (χ4v) is 4.01. The highest BCUT2D eigenvalue weighted by molar-refractivity contribution is 7.92. The van der Waals surface area contributed by atoms with Crippen molar-refractivity contribution in [2.45, 2.75) is 18.2 Å². The van der Waals surface area contributed by atoms with Crippen LogP contribution in [0.4, 0.5) is 11.4 Å². The zero-order chi connectivity index (χ0) is 14.9. The Morgan fingerprint density at radius 1 is 1.09 bits per heavy atom. The molecular formula is C16H19ClN2O2S. The van der Waals surface area contributed by atoms with Crippen molar-refractivity contribution < 1.29 is 8.42 Å². The van der Waals surface area contributed by atoms with Gasteiger partial charge in [0.1, 0.15) is 0 Å². The first-order chi connectivity index (χ1) is 10.1. The zero-order valence-corrected chi connectivity index (χ0v) is 14.0. The van der Waals surface area contributed by atoms with E-state index in [9.17, 15) is 8.42 Å². The molecule has 0 saturated carbocycles. The summed E-state index contributed by atoms with van der Waals surface area (Å²) in [6.07, 6.45) is 0.900. The van der Waals surface area contributed by atoms with Crippen molar-refractivity contribution in [2.24, 2.45) is 0 Å². The summed E-state index contributed by atoms with van der Waals surface area (Å²) >= 11 is 0. The van der Waals surface area contributed by atoms with Gasteiger partial charge in [-0.05, 0) is 36.2 Å². The van der Waals surface area contributed by atoms with E-state index >= 15 is 0 Å². The smallest absolute Gasteiger partial charge is 0.264 e. The van der Waals surface area contributed by atoms with Gasteiger partial charge in [0, 0.05) is 6.54 Å². The zero-order valence-electron chi connectivity index (χ0n) is 12.3. The van der Waals surface area contributed by atoms with Crippen LogP contribution in [-0.4, -0.2) is 21.5 Å². The Kier molecular flexibility index (Phi) is 4.98. The third-order valence-corrected chi connectivity index (χ3v) is 5.55. The molecule has 0 aliphatic carbocycles. The molecule has 0 amide bonds. The second-order valence-electron chi connectivity index (χ2n) is 5.02. The Labute approximate surface area is 137 Å². The monoisotopic (exact) mass is 338 g/mol. The van der Waals surface area contributed by atoms with E-state index in [0.717, 1.165) is 17.7 Å². The molecule has 0 radical (unpaired) electrons. The molecule has 0 aromatic heterocycles. The number of fused-ring (bicyclic) bond motifs is 1. The Bertz CT molecular complexity index is 745. The predicted octanol–water partition coefficient (Wildman–Crippen LogP) is 3.29. The average Bonchev–Trinajstić information content (AvgIpc) is 2.54. The largest absolute Gasteiger partial charge is 0.382 e. The number of halogens is 1. The van der Waals surface area contributed by atoms with Crippen molar-refractivity contribution in [3.05, 3.63) is 54.1 Å². The number of rotatable bonds is 3.